The first-order valence-electron chi connectivity index (χ1n) is 6.73. The van der Waals surface area contributed by atoms with Crippen molar-refractivity contribution >= 4 is 17.3 Å². The van der Waals surface area contributed by atoms with Crippen LogP contribution < -0.4 is 0 Å². The zero-order valence-electron chi connectivity index (χ0n) is 12.2. The predicted octanol–water partition coefficient (Wildman–Crippen LogP) is 2.62. The maximum Gasteiger partial charge on any atom is 0.318 e. The van der Waals surface area contributed by atoms with Gasteiger partial charge in [0.25, 0.3) is 5.75 Å². The average molecular weight is 332 g/mol. The molecule has 0 amide bonds. The number of benzene rings is 2. The molecule has 0 unspecified atom stereocenters. The Morgan fingerprint density at radius 3 is 1.96 bits per heavy atom. The second kappa shape index (κ2) is 6.73. The summed E-state index contributed by atoms with van der Waals surface area (Å²) in [4.78, 5) is 31.5. The molecule has 2 aromatic rings. The molecule has 0 saturated carbocycles. The van der Waals surface area contributed by atoms with Gasteiger partial charge in [0, 0.05) is 12.1 Å². The van der Waals surface area contributed by atoms with Crippen molar-refractivity contribution in [3.8, 4) is 5.75 Å². The fraction of sp³-hybridized carbons (Fsp3) is 0.133. The number of carbonyl (C=O) groups is 1. The summed E-state index contributed by atoms with van der Waals surface area (Å²) < 4.78 is 0. The van der Waals surface area contributed by atoms with Crippen LogP contribution in [0.25, 0.3) is 0 Å². The lowest BCUT2D eigenvalue weighted by Crippen LogP contribution is -2.14. The van der Waals surface area contributed by atoms with Crippen molar-refractivity contribution in [3.63, 3.8) is 0 Å². The van der Waals surface area contributed by atoms with E-state index >= 15 is 0 Å². The minimum atomic E-state index is -1.17. The Kier molecular flexibility index (Phi) is 4.73. The molecule has 0 bridgehead atoms. The highest BCUT2D eigenvalue weighted by Crippen LogP contribution is 2.38. The minimum Gasteiger partial charge on any atom is -0.497 e. The van der Waals surface area contributed by atoms with Crippen LogP contribution in [0.1, 0.15) is 17.0 Å². The summed E-state index contributed by atoms with van der Waals surface area (Å²) in [5.41, 5.74) is -1.14. The van der Waals surface area contributed by atoms with Gasteiger partial charge in [-0.1, -0.05) is 30.3 Å². The van der Waals surface area contributed by atoms with Gasteiger partial charge in [0.05, 0.1) is 15.8 Å². The lowest BCUT2D eigenvalue weighted by atomic mass is 9.91. The van der Waals surface area contributed by atoms with Gasteiger partial charge >= 0.3 is 17.3 Å². The van der Waals surface area contributed by atoms with E-state index in [9.17, 15) is 35.2 Å². The van der Waals surface area contributed by atoms with Gasteiger partial charge in [-0.3, -0.25) is 25.0 Å². The van der Waals surface area contributed by atoms with Crippen LogP contribution in [0.3, 0.4) is 0 Å². The van der Waals surface area contributed by atoms with Gasteiger partial charge in [0.15, 0.2) is 0 Å². The molecule has 0 heterocycles. The minimum absolute atomic E-state index is 0.0717. The molecule has 2 rings (SSSR count). The lowest BCUT2D eigenvalue weighted by molar-refractivity contribution is -0.396. The Hall–Kier alpha value is -3.49. The predicted molar refractivity (Wildman–Crippen MR) is 81.9 cm³/mol. The van der Waals surface area contributed by atoms with Gasteiger partial charge in [-0.15, -0.1) is 0 Å². The number of aliphatic carboxylic acids is 1. The van der Waals surface area contributed by atoms with E-state index in [0.717, 1.165) is 12.1 Å². The highest BCUT2D eigenvalue weighted by molar-refractivity contribution is 5.76. The largest absolute Gasteiger partial charge is 0.497 e. The van der Waals surface area contributed by atoms with Crippen molar-refractivity contribution in [3.05, 3.63) is 73.8 Å². The monoisotopic (exact) mass is 332 g/mol. The number of nitrogens with zero attached hydrogens (tertiary/aromatic N) is 2. The van der Waals surface area contributed by atoms with Crippen molar-refractivity contribution in [2.75, 3.05) is 0 Å². The van der Waals surface area contributed by atoms with Crippen molar-refractivity contribution < 1.29 is 24.9 Å². The van der Waals surface area contributed by atoms with Crippen LogP contribution in [-0.2, 0) is 11.2 Å². The van der Waals surface area contributed by atoms with E-state index in [1.807, 2.05) is 0 Å². The number of phenols is 1. The highest BCUT2D eigenvalue weighted by Gasteiger charge is 2.28. The van der Waals surface area contributed by atoms with Gasteiger partial charge in [0.2, 0.25) is 0 Å². The molecule has 0 aliphatic carbocycles. The second-order valence-electron chi connectivity index (χ2n) is 5.00. The third-order valence-electron chi connectivity index (χ3n) is 3.46. The van der Waals surface area contributed by atoms with E-state index in [1.54, 1.807) is 30.3 Å². The molecule has 0 aromatic heterocycles. The summed E-state index contributed by atoms with van der Waals surface area (Å²) in [6, 6.07) is 10.1. The van der Waals surface area contributed by atoms with E-state index in [2.05, 4.69) is 0 Å². The lowest BCUT2D eigenvalue weighted by Gasteiger charge is -2.13. The fourth-order valence-corrected chi connectivity index (χ4v) is 2.33. The van der Waals surface area contributed by atoms with Gasteiger partial charge in [0.1, 0.15) is 0 Å². The maximum absolute atomic E-state index is 11.5. The summed E-state index contributed by atoms with van der Waals surface area (Å²) in [6.45, 7) is 0. The van der Waals surface area contributed by atoms with E-state index in [-0.39, 0.29) is 12.0 Å². The molecule has 9 nitrogen and oxygen atoms in total. The van der Waals surface area contributed by atoms with E-state index in [0.29, 0.717) is 5.56 Å². The molecule has 24 heavy (non-hydrogen) atoms. The number of carboxylic acid groups (broad SMARTS) is 1. The summed E-state index contributed by atoms with van der Waals surface area (Å²) >= 11 is 0. The number of rotatable bonds is 6. The zero-order valence-corrected chi connectivity index (χ0v) is 12.2. The first-order valence-corrected chi connectivity index (χ1v) is 6.73. The molecule has 0 saturated heterocycles. The number of aromatic hydroxyl groups is 1. The maximum atomic E-state index is 11.5. The Bertz CT molecular complexity index is 770. The number of nitro groups is 2. The van der Waals surface area contributed by atoms with Gasteiger partial charge in [-0.2, -0.15) is 0 Å². The first kappa shape index (κ1) is 16.9. The van der Waals surface area contributed by atoms with Crippen molar-refractivity contribution in [1.29, 1.82) is 0 Å². The molecule has 1 atom stereocenters. The summed E-state index contributed by atoms with van der Waals surface area (Å²) in [6.07, 6.45) is -0.193. The molecule has 0 aliphatic heterocycles. The Labute approximate surface area is 135 Å². The summed E-state index contributed by atoms with van der Waals surface area (Å²) in [5.74, 6) is -3.25. The topological polar surface area (TPSA) is 144 Å². The van der Waals surface area contributed by atoms with E-state index < -0.39 is 38.9 Å². The van der Waals surface area contributed by atoms with Crippen LogP contribution in [0.2, 0.25) is 0 Å². The van der Waals surface area contributed by atoms with Crippen LogP contribution in [0.15, 0.2) is 42.5 Å². The molecule has 9 heteroatoms. The van der Waals surface area contributed by atoms with Gasteiger partial charge in [-0.25, -0.2) is 0 Å². The number of hydrogen-bond donors (Lipinski definition) is 2. The molecule has 0 fully saturated rings. The zero-order chi connectivity index (χ0) is 17.9. The smallest absolute Gasteiger partial charge is 0.318 e. The Morgan fingerprint density at radius 1 is 1.04 bits per heavy atom. The molecule has 124 valence electrons. The van der Waals surface area contributed by atoms with Crippen LogP contribution >= 0.6 is 0 Å². The van der Waals surface area contributed by atoms with Crippen molar-refractivity contribution in [2.24, 2.45) is 0 Å². The molecule has 0 aliphatic rings. The normalized spacial score (nSPS) is 11.7. The first-order chi connectivity index (χ1) is 11.3. The number of carboxylic acids is 1. The van der Waals surface area contributed by atoms with Crippen molar-refractivity contribution in [1.82, 2.24) is 0 Å². The number of nitro benzene ring substituents is 2. The molecular weight excluding hydrogens is 320 g/mol. The van der Waals surface area contributed by atoms with Crippen LogP contribution in [0.4, 0.5) is 11.4 Å². The summed E-state index contributed by atoms with van der Waals surface area (Å²) in [5, 5.41) is 40.9. The third kappa shape index (κ3) is 3.46. The highest BCUT2D eigenvalue weighted by atomic mass is 16.6. The van der Waals surface area contributed by atoms with Crippen LogP contribution in [0.5, 0.6) is 5.75 Å². The Balaban J connectivity index is 2.49. The number of hydrogen-bond acceptors (Lipinski definition) is 6. The van der Waals surface area contributed by atoms with E-state index in [4.69, 9.17) is 0 Å². The molecule has 0 radical (unpaired) electrons. The van der Waals surface area contributed by atoms with Crippen LogP contribution in [0, 0.1) is 20.2 Å². The SMILES string of the molecule is O=C(O)[C@@H](Cc1cc([N+](=O)[O-])c(O)c([N+](=O)[O-])c1)c1ccccc1. The third-order valence-corrected chi connectivity index (χ3v) is 3.46. The van der Waals surface area contributed by atoms with E-state index in [1.165, 1.54) is 0 Å². The van der Waals surface area contributed by atoms with Gasteiger partial charge in [-0.05, 0) is 17.5 Å². The van der Waals surface area contributed by atoms with Crippen molar-refractivity contribution in [2.45, 2.75) is 12.3 Å². The molecule has 0 spiro atoms. The quantitative estimate of drug-likeness (QED) is 0.611. The fourth-order valence-electron chi connectivity index (χ4n) is 2.33. The second-order valence-corrected chi connectivity index (χ2v) is 5.00. The Morgan fingerprint density at radius 2 is 1.54 bits per heavy atom. The van der Waals surface area contributed by atoms with Crippen LogP contribution in [-0.4, -0.2) is 26.0 Å². The number of phenolic OH excluding ortho intramolecular Hbond substituents is 1. The standard InChI is InChI=1S/C15H12N2O7/c18-14-12(16(21)22)7-9(8-13(14)17(23)24)6-11(15(19)20)10-4-2-1-3-5-10/h1-5,7-8,11,18H,6H2,(H,19,20)/t11-/m0/s1. The average Bonchev–Trinajstić information content (AvgIpc) is 2.53. The van der Waals surface area contributed by atoms with Gasteiger partial charge < -0.3 is 10.2 Å². The summed E-state index contributed by atoms with van der Waals surface area (Å²) in [7, 11) is 0. The molecule has 2 N–H and O–H groups in total. The molecular formula is C15H12N2O7. The molecule has 2 aromatic carbocycles.